The van der Waals surface area contributed by atoms with Gasteiger partial charge in [-0.1, -0.05) is 12.8 Å². The third-order valence-electron chi connectivity index (χ3n) is 4.45. The second-order valence-corrected chi connectivity index (χ2v) is 5.85. The smallest absolute Gasteiger partial charge is 0.317 e. The number of nitrogens with zero attached hydrogens (tertiary/aromatic N) is 3. The van der Waals surface area contributed by atoms with Gasteiger partial charge < -0.3 is 15.2 Å². The van der Waals surface area contributed by atoms with Crippen LogP contribution >= 0.6 is 0 Å². The normalized spacial score (nSPS) is 25.1. The number of urea groups is 1. The maximum atomic E-state index is 12.3. The number of hydrogen-bond donors (Lipinski definition) is 2. The van der Waals surface area contributed by atoms with E-state index in [0.717, 1.165) is 31.8 Å². The number of aromatic amines is 1. The van der Waals surface area contributed by atoms with Gasteiger partial charge in [-0.3, -0.25) is 4.90 Å². The minimum absolute atomic E-state index is 0.0848. The molecule has 6 nitrogen and oxygen atoms in total. The fraction of sp³-hybridized carbons (Fsp3) is 0.714. The van der Waals surface area contributed by atoms with Crippen LogP contribution in [-0.4, -0.2) is 58.5 Å². The van der Waals surface area contributed by atoms with Crippen LogP contribution in [0.5, 0.6) is 0 Å². The Morgan fingerprint density at radius 2 is 2.20 bits per heavy atom. The van der Waals surface area contributed by atoms with Gasteiger partial charge in [-0.25, -0.2) is 9.78 Å². The van der Waals surface area contributed by atoms with Crippen LogP contribution in [-0.2, 0) is 0 Å². The van der Waals surface area contributed by atoms with Crippen molar-refractivity contribution in [3.63, 3.8) is 0 Å². The van der Waals surface area contributed by atoms with Crippen molar-refractivity contribution >= 4 is 6.03 Å². The quantitative estimate of drug-likeness (QED) is 0.857. The van der Waals surface area contributed by atoms with E-state index in [1.807, 2.05) is 11.1 Å². The predicted molar refractivity (Wildman–Crippen MR) is 76.3 cm³/mol. The van der Waals surface area contributed by atoms with Gasteiger partial charge >= 0.3 is 6.03 Å². The zero-order chi connectivity index (χ0) is 13.9. The standard InChI is InChI=1S/C14H23N5O/c1-18-8-9-19(10-12(18)13-15-6-7-16-13)14(20)17-11-4-2-3-5-11/h6-7,11-12H,2-5,8-10H2,1H3,(H,15,16)(H,17,20)/t12-/m1/s1. The van der Waals surface area contributed by atoms with E-state index in [0.29, 0.717) is 12.6 Å². The number of hydrogen-bond acceptors (Lipinski definition) is 3. The summed E-state index contributed by atoms with van der Waals surface area (Å²) in [6.07, 6.45) is 8.33. The van der Waals surface area contributed by atoms with Crippen LogP contribution in [0.3, 0.4) is 0 Å². The third-order valence-corrected chi connectivity index (χ3v) is 4.45. The molecule has 0 unspecified atom stereocenters. The molecule has 0 radical (unpaired) electrons. The van der Waals surface area contributed by atoms with Gasteiger partial charge in [0.25, 0.3) is 0 Å². The molecule has 0 aromatic carbocycles. The van der Waals surface area contributed by atoms with Crippen LogP contribution < -0.4 is 5.32 Å². The first-order chi connectivity index (χ1) is 9.74. The Morgan fingerprint density at radius 1 is 1.40 bits per heavy atom. The van der Waals surface area contributed by atoms with Crippen molar-refractivity contribution in [1.82, 2.24) is 25.1 Å². The Morgan fingerprint density at radius 3 is 2.90 bits per heavy atom. The highest BCUT2D eigenvalue weighted by Gasteiger charge is 2.30. The summed E-state index contributed by atoms with van der Waals surface area (Å²) in [5.74, 6) is 0.936. The summed E-state index contributed by atoms with van der Waals surface area (Å²) in [6, 6.07) is 0.624. The number of carbonyl (C=O) groups excluding carboxylic acids is 1. The molecule has 1 saturated carbocycles. The van der Waals surface area contributed by atoms with Gasteiger partial charge in [0.05, 0.1) is 6.04 Å². The molecule has 0 spiro atoms. The highest BCUT2D eigenvalue weighted by molar-refractivity contribution is 5.74. The number of piperazine rings is 1. The Labute approximate surface area is 119 Å². The molecule has 2 heterocycles. The highest BCUT2D eigenvalue weighted by atomic mass is 16.2. The fourth-order valence-electron chi connectivity index (χ4n) is 3.15. The van der Waals surface area contributed by atoms with Crippen molar-refractivity contribution < 1.29 is 4.79 Å². The molecule has 1 saturated heterocycles. The number of likely N-dealkylation sites (N-methyl/N-ethyl adjacent to an activating group) is 1. The van der Waals surface area contributed by atoms with E-state index in [1.54, 1.807) is 6.20 Å². The van der Waals surface area contributed by atoms with Crippen LogP contribution in [0, 0.1) is 0 Å². The number of amides is 2. The maximum Gasteiger partial charge on any atom is 0.317 e. The molecule has 6 heteroatoms. The summed E-state index contributed by atoms with van der Waals surface area (Å²) in [5, 5.41) is 3.17. The molecule has 110 valence electrons. The number of imidazole rings is 1. The summed E-state index contributed by atoms with van der Waals surface area (Å²) in [5.41, 5.74) is 0. The molecular formula is C14H23N5O. The Balaban J connectivity index is 1.61. The molecule has 1 aromatic heterocycles. The molecule has 1 atom stereocenters. The minimum Gasteiger partial charge on any atom is -0.347 e. The number of aromatic nitrogens is 2. The fourth-order valence-corrected chi connectivity index (χ4v) is 3.15. The van der Waals surface area contributed by atoms with Gasteiger partial charge in [0.2, 0.25) is 0 Å². The lowest BCUT2D eigenvalue weighted by atomic mass is 10.1. The lowest BCUT2D eigenvalue weighted by Crippen LogP contribution is -2.53. The molecular weight excluding hydrogens is 254 g/mol. The summed E-state index contributed by atoms with van der Waals surface area (Å²) in [4.78, 5) is 24.0. The van der Waals surface area contributed by atoms with E-state index in [2.05, 4.69) is 27.2 Å². The monoisotopic (exact) mass is 277 g/mol. The van der Waals surface area contributed by atoms with Crippen molar-refractivity contribution in [2.24, 2.45) is 0 Å². The molecule has 2 aliphatic rings. The Kier molecular flexibility index (Phi) is 3.91. The lowest BCUT2D eigenvalue weighted by Gasteiger charge is -2.38. The van der Waals surface area contributed by atoms with Gasteiger partial charge in [0.1, 0.15) is 5.82 Å². The molecule has 3 rings (SSSR count). The number of rotatable bonds is 2. The van der Waals surface area contributed by atoms with Gasteiger partial charge in [-0.05, 0) is 19.9 Å². The molecule has 1 aromatic rings. The summed E-state index contributed by atoms with van der Waals surface area (Å²) in [6.45, 7) is 2.36. The van der Waals surface area contributed by atoms with E-state index >= 15 is 0 Å². The largest absolute Gasteiger partial charge is 0.347 e. The van der Waals surface area contributed by atoms with E-state index in [4.69, 9.17) is 0 Å². The van der Waals surface area contributed by atoms with E-state index in [1.165, 1.54) is 12.8 Å². The Hall–Kier alpha value is -1.56. The van der Waals surface area contributed by atoms with Crippen LogP contribution in [0.1, 0.15) is 37.5 Å². The third kappa shape index (κ3) is 2.80. The molecule has 2 fully saturated rings. The van der Waals surface area contributed by atoms with Crippen molar-refractivity contribution in [2.75, 3.05) is 26.7 Å². The molecule has 0 bridgehead atoms. The maximum absolute atomic E-state index is 12.3. The van der Waals surface area contributed by atoms with Gasteiger partial charge in [-0.15, -0.1) is 0 Å². The first-order valence-corrected chi connectivity index (χ1v) is 7.49. The van der Waals surface area contributed by atoms with Gasteiger partial charge in [0.15, 0.2) is 0 Å². The van der Waals surface area contributed by atoms with Crippen LogP contribution in [0.4, 0.5) is 4.79 Å². The summed E-state index contributed by atoms with van der Waals surface area (Å²) < 4.78 is 0. The van der Waals surface area contributed by atoms with Crippen molar-refractivity contribution in [1.29, 1.82) is 0 Å². The second kappa shape index (κ2) is 5.83. The molecule has 20 heavy (non-hydrogen) atoms. The van der Waals surface area contributed by atoms with Crippen LogP contribution in [0.25, 0.3) is 0 Å². The van der Waals surface area contributed by atoms with Crippen LogP contribution in [0.2, 0.25) is 0 Å². The topological polar surface area (TPSA) is 64.3 Å². The Bertz CT molecular complexity index is 440. The van der Waals surface area contributed by atoms with Crippen molar-refractivity contribution in [3.05, 3.63) is 18.2 Å². The number of carbonyl (C=O) groups is 1. The van der Waals surface area contributed by atoms with Gasteiger partial charge in [-0.2, -0.15) is 0 Å². The molecule has 1 aliphatic heterocycles. The average molecular weight is 277 g/mol. The van der Waals surface area contributed by atoms with E-state index < -0.39 is 0 Å². The minimum atomic E-state index is 0.0848. The van der Waals surface area contributed by atoms with Crippen molar-refractivity contribution in [3.8, 4) is 0 Å². The predicted octanol–water partition coefficient (Wildman–Crippen LogP) is 1.35. The van der Waals surface area contributed by atoms with E-state index in [9.17, 15) is 4.79 Å². The summed E-state index contributed by atoms with van der Waals surface area (Å²) >= 11 is 0. The first kappa shape index (κ1) is 13.4. The molecule has 1 aliphatic carbocycles. The van der Waals surface area contributed by atoms with E-state index in [-0.39, 0.29) is 12.1 Å². The zero-order valence-corrected chi connectivity index (χ0v) is 12.0. The first-order valence-electron chi connectivity index (χ1n) is 7.49. The highest BCUT2D eigenvalue weighted by Crippen LogP contribution is 2.22. The second-order valence-electron chi connectivity index (χ2n) is 5.85. The van der Waals surface area contributed by atoms with Gasteiger partial charge in [0, 0.05) is 38.1 Å². The average Bonchev–Trinajstić information content (AvgIpc) is 3.11. The summed E-state index contributed by atoms with van der Waals surface area (Å²) in [7, 11) is 2.08. The lowest BCUT2D eigenvalue weighted by molar-refractivity contribution is 0.105. The number of H-pyrrole nitrogens is 1. The molecule has 2 amide bonds. The zero-order valence-electron chi connectivity index (χ0n) is 12.0. The van der Waals surface area contributed by atoms with Crippen LogP contribution in [0.15, 0.2) is 12.4 Å². The number of nitrogens with one attached hydrogen (secondary N) is 2. The van der Waals surface area contributed by atoms with Crippen molar-refractivity contribution in [2.45, 2.75) is 37.8 Å². The SMILES string of the molecule is CN1CCN(C(=O)NC2CCCC2)C[C@@H]1c1ncc[nH]1. The molecule has 2 N–H and O–H groups in total.